The van der Waals surface area contributed by atoms with Gasteiger partial charge in [0.15, 0.2) is 0 Å². The van der Waals surface area contributed by atoms with Gasteiger partial charge in [0.2, 0.25) is 5.88 Å². The summed E-state index contributed by atoms with van der Waals surface area (Å²) in [6.45, 7) is 1.88. The van der Waals surface area contributed by atoms with E-state index in [-0.39, 0.29) is 11.5 Å². The number of anilines is 2. The fourth-order valence-corrected chi connectivity index (χ4v) is 5.18. The molecule has 3 N–H and O–H groups in total. The average Bonchev–Trinajstić information content (AvgIpc) is 2.88. The molecule has 1 saturated carbocycles. The molecular formula is C25H37N7O2. The standard InChI is InChI=1S/C25H37N7O2/c1-27-23-20(21(26)16-8-6-5-7-9-16)24(33)30-22(29-23)18-10-11-19(28-25(18)34-4)32-14-12-17(13-15-32)31(2)3/h10-11,16-17,26H,5-9,12-15H2,1-4H3,(H2,27,29,30,33). The van der Waals surface area contributed by atoms with E-state index in [1.807, 2.05) is 12.1 Å². The molecule has 2 aromatic rings. The number of hydrogen-bond donors (Lipinski definition) is 3. The summed E-state index contributed by atoms with van der Waals surface area (Å²) < 4.78 is 5.61. The Balaban J connectivity index is 1.62. The minimum Gasteiger partial charge on any atom is -0.480 e. The summed E-state index contributed by atoms with van der Waals surface area (Å²) in [5.74, 6) is 2.21. The van der Waals surface area contributed by atoms with Gasteiger partial charge < -0.3 is 30.2 Å². The molecule has 4 rings (SSSR count). The van der Waals surface area contributed by atoms with Gasteiger partial charge in [0.05, 0.1) is 18.4 Å². The topological polar surface area (TPSA) is 110 Å². The predicted octanol–water partition coefficient (Wildman–Crippen LogP) is 3.36. The molecule has 9 nitrogen and oxygen atoms in total. The highest BCUT2D eigenvalue weighted by atomic mass is 16.5. The molecule has 3 heterocycles. The van der Waals surface area contributed by atoms with Crippen molar-refractivity contribution in [2.45, 2.75) is 51.0 Å². The molecular weight excluding hydrogens is 430 g/mol. The van der Waals surface area contributed by atoms with Crippen molar-refractivity contribution in [2.24, 2.45) is 5.92 Å². The van der Waals surface area contributed by atoms with Crippen molar-refractivity contribution in [3.05, 3.63) is 28.0 Å². The zero-order valence-electron chi connectivity index (χ0n) is 20.8. The van der Waals surface area contributed by atoms with Crippen LogP contribution in [0.5, 0.6) is 5.88 Å². The number of methoxy groups -OCH3 is 1. The van der Waals surface area contributed by atoms with Gasteiger partial charge in [-0.2, -0.15) is 4.98 Å². The molecule has 9 heteroatoms. The number of nitrogens with zero attached hydrogens (tertiary/aromatic N) is 4. The normalized spacial score (nSPS) is 17.7. The summed E-state index contributed by atoms with van der Waals surface area (Å²) in [5, 5.41) is 11.7. The lowest BCUT2D eigenvalue weighted by Crippen LogP contribution is -2.42. The van der Waals surface area contributed by atoms with E-state index in [2.05, 4.69) is 39.2 Å². The summed E-state index contributed by atoms with van der Waals surface area (Å²) in [5.41, 5.74) is 1.04. The molecule has 0 amide bonds. The van der Waals surface area contributed by atoms with Gasteiger partial charge in [-0.05, 0) is 51.9 Å². The van der Waals surface area contributed by atoms with Crippen LogP contribution in [0.15, 0.2) is 16.9 Å². The van der Waals surface area contributed by atoms with Crippen molar-refractivity contribution in [1.82, 2.24) is 19.9 Å². The van der Waals surface area contributed by atoms with Gasteiger partial charge >= 0.3 is 0 Å². The Bertz CT molecular complexity index is 1070. The number of aromatic nitrogens is 3. The van der Waals surface area contributed by atoms with E-state index in [1.165, 1.54) is 6.42 Å². The molecule has 0 spiro atoms. The number of H-pyrrole nitrogens is 1. The Kier molecular flexibility index (Phi) is 7.50. The van der Waals surface area contributed by atoms with Crippen molar-refractivity contribution >= 4 is 17.3 Å². The van der Waals surface area contributed by atoms with Crippen LogP contribution in [0.1, 0.15) is 50.5 Å². The van der Waals surface area contributed by atoms with E-state index in [1.54, 1.807) is 14.2 Å². The molecule has 1 saturated heterocycles. The summed E-state index contributed by atoms with van der Waals surface area (Å²) in [4.78, 5) is 30.0. The molecule has 34 heavy (non-hydrogen) atoms. The summed E-state index contributed by atoms with van der Waals surface area (Å²) >= 11 is 0. The molecule has 1 aliphatic carbocycles. The number of rotatable bonds is 7. The molecule has 0 aromatic carbocycles. The van der Waals surface area contributed by atoms with E-state index < -0.39 is 0 Å². The number of ether oxygens (including phenoxy) is 1. The van der Waals surface area contributed by atoms with Gasteiger partial charge in [0.25, 0.3) is 5.56 Å². The van der Waals surface area contributed by atoms with Crippen molar-refractivity contribution in [2.75, 3.05) is 51.6 Å². The van der Waals surface area contributed by atoms with Crippen LogP contribution in [0.25, 0.3) is 11.4 Å². The van der Waals surface area contributed by atoms with Crippen LogP contribution in [0.3, 0.4) is 0 Å². The maximum absolute atomic E-state index is 13.1. The zero-order valence-corrected chi connectivity index (χ0v) is 20.8. The highest BCUT2D eigenvalue weighted by Gasteiger charge is 2.26. The number of pyridine rings is 1. The Labute approximate surface area is 201 Å². The fraction of sp³-hybridized carbons (Fsp3) is 0.600. The van der Waals surface area contributed by atoms with Crippen LogP contribution >= 0.6 is 0 Å². The molecule has 0 unspecified atom stereocenters. The first-order chi connectivity index (χ1) is 16.4. The predicted molar refractivity (Wildman–Crippen MR) is 137 cm³/mol. The number of piperidine rings is 1. The number of hydrogen-bond acceptors (Lipinski definition) is 8. The summed E-state index contributed by atoms with van der Waals surface area (Å²) in [6, 6.07) is 4.46. The third kappa shape index (κ3) is 4.94. The largest absolute Gasteiger partial charge is 0.480 e. The van der Waals surface area contributed by atoms with Crippen molar-refractivity contribution < 1.29 is 4.74 Å². The second-order valence-electron chi connectivity index (χ2n) is 9.54. The molecule has 0 atom stereocenters. The van der Waals surface area contributed by atoms with E-state index in [0.717, 1.165) is 57.4 Å². The van der Waals surface area contributed by atoms with Crippen LogP contribution in [0.2, 0.25) is 0 Å². The average molecular weight is 468 g/mol. The van der Waals surface area contributed by atoms with Gasteiger partial charge in [-0.15, -0.1) is 0 Å². The van der Waals surface area contributed by atoms with Gasteiger partial charge in [-0.1, -0.05) is 19.3 Å². The second kappa shape index (κ2) is 10.5. The Morgan fingerprint density at radius 1 is 1.15 bits per heavy atom. The van der Waals surface area contributed by atoms with Gasteiger partial charge in [-0.25, -0.2) is 4.98 Å². The van der Waals surface area contributed by atoms with E-state index in [4.69, 9.17) is 15.1 Å². The molecule has 2 fully saturated rings. The molecule has 0 radical (unpaired) electrons. The maximum atomic E-state index is 13.1. The fourth-order valence-electron chi connectivity index (χ4n) is 5.18. The first kappa shape index (κ1) is 24.2. The third-order valence-electron chi connectivity index (χ3n) is 7.25. The first-order valence-corrected chi connectivity index (χ1v) is 12.3. The molecule has 184 valence electrons. The molecule has 1 aliphatic heterocycles. The monoisotopic (exact) mass is 467 g/mol. The van der Waals surface area contributed by atoms with Crippen molar-refractivity contribution in [1.29, 1.82) is 5.41 Å². The van der Waals surface area contributed by atoms with E-state index in [9.17, 15) is 4.79 Å². The highest BCUT2D eigenvalue weighted by Crippen LogP contribution is 2.32. The Morgan fingerprint density at radius 2 is 1.85 bits per heavy atom. The SMILES string of the molecule is CNc1nc(-c2ccc(N3CCC(N(C)C)CC3)nc2OC)[nH]c(=O)c1C(=N)C1CCCCC1. The van der Waals surface area contributed by atoms with Gasteiger partial charge in [0.1, 0.15) is 23.0 Å². The molecule has 2 aromatic heterocycles. The second-order valence-corrected chi connectivity index (χ2v) is 9.54. The smallest absolute Gasteiger partial charge is 0.262 e. The summed E-state index contributed by atoms with van der Waals surface area (Å²) in [6.07, 6.45) is 7.50. The van der Waals surface area contributed by atoms with E-state index >= 15 is 0 Å². The lowest BCUT2D eigenvalue weighted by atomic mass is 9.83. The lowest BCUT2D eigenvalue weighted by Gasteiger charge is -2.36. The zero-order chi connectivity index (χ0) is 24.2. The summed E-state index contributed by atoms with van der Waals surface area (Å²) in [7, 11) is 7.58. The van der Waals surface area contributed by atoms with Crippen LogP contribution in [0.4, 0.5) is 11.6 Å². The Morgan fingerprint density at radius 3 is 2.47 bits per heavy atom. The van der Waals surface area contributed by atoms with Crippen LogP contribution in [0, 0.1) is 11.3 Å². The van der Waals surface area contributed by atoms with Crippen LogP contribution in [-0.4, -0.2) is 72.9 Å². The maximum Gasteiger partial charge on any atom is 0.262 e. The molecule has 2 aliphatic rings. The van der Waals surface area contributed by atoms with Crippen LogP contribution < -0.4 is 20.5 Å². The molecule has 0 bridgehead atoms. The first-order valence-electron chi connectivity index (χ1n) is 12.3. The van der Waals surface area contributed by atoms with Crippen molar-refractivity contribution in [3.8, 4) is 17.3 Å². The number of nitrogens with one attached hydrogen (secondary N) is 3. The van der Waals surface area contributed by atoms with Gasteiger partial charge in [-0.3, -0.25) is 4.79 Å². The minimum atomic E-state index is -0.304. The minimum absolute atomic E-state index is 0.113. The van der Waals surface area contributed by atoms with E-state index in [0.29, 0.717) is 40.4 Å². The number of aromatic amines is 1. The highest BCUT2D eigenvalue weighted by molar-refractivity contribution is 6.03. The van der Waals surface area contributed by atoms with Gasteiger partial charge in [0, 0.05) is 32.1 Å². The van der Waals surface area contributed by atoms with Crippen molar-refractivity contribution in [3.63, 3.8) is 0 Å². The third-order valence-corrected chi connectivity index (χ3v) is 7.25. The van der Waals surface area contributed by atoms with Crippen LogP contribution in [-0.2, 0) is 0 Å². The quantitative estimate of drug-likeness (QED) is 0.536. The Hall–Kier alpha value is -2.94. The lowest BCUT2D eigenvalue weighted by molar-refractivity contribution is 0.249.